The van der Waals surface area contributed by atoms with Gasteiger partial charge in [-0.1, -0.05) is 6.92 Å². The largest absolute Gasteiger partial charge is 0.377 e. The van der Waals surface area contributed by atoms with Crippen LogP contribution in [-0.4, -0.2) is 18.5 Å². The van der Waals surface area contributed by atoms with Crippen molar-refractivity contribution in [2.45, 2.75) is 32.3 Å². The van der Waals surface area contributed by atoms with Gasteiger partial charge in [0.2, 0.25) is 0 Å². The first-order valence-corrected chi connectivity index (χ1v) is 3.46. The van der Waals surface area contributed by atoms with E-state index >= 15 is 0 Å². The number of hydrogen-bond donors (Lipinski definition) is 0. The molecule has 1 saturated heterocycles. The topological polar surface area (TPSA) is 26.3 Å². The molecule has 0 N–H and O–H groups in total. The minimum absolute atomic E-state index is 0.214. The molecule has 1 aliphatic heterocycles. The third-order valence-corrected chi connectivity index (χ3v) is 1.65. The molecule has 0 aliphatic carbocycles. The first kappa shape index (κ1) is 6.75. The summed E-state index contributed by atoms with van der Waals surface area (Å²) < 4.78 is 5.28. The van der Waals surface area contributed by atoms with Crippen LogP contribution in [0.5, 0.6) is 0 Å². The zero-order valence-electron chi connectivity index (χ0n) is 5.72. The molecule has 9 heavy (non-hydrogen) atoms. The van der Waals surface area contributed by atoms with Crippen molar-refractivity contribution in [3.63, 3.8) is 0 Å². The second-order valence-electron chi connectivity index (χ2n) is 2.39. The normalized spacial score (nSPS) is 28.6. The molecule has 1 atom stereocenters. The summed E-state index contributed by atoms with van der Waals surface area (Å²) in [5.41, 5.74) is 0. The third-order valence-electron chi connectivity index (χ3n) is 1.65. The highest BCUT2D eigenvalue weighted by Gasteiger charge is 2.17. The fraction of sp³-hybridized carbons (Fsp3) is 0.857. The van der Waals surface area contributed by atoms with Gasteiger partial charge in [0.1, 0.15) is 5.78 Å². The first-order chi connectivity index (χ1) is 4.33. The lowest BCUT2D eigenvalue weighted by Crippen LogP contribution is -2.24. The van der Waals surface area contributed by atoms with Crippen LogP contribution in [0.1, 0.15) is 26.2 Å². The summed E-state index contributed by atoms with van der Waals surface area (Å²) in [5, 5.41) is 0. The molecule has 0 saturated carbocycles. The Labute approximate surface area is 55.2 Å². The molecule has 0 unspecified atom stereocenters. The Balaban J connectivity index is 2.32. The molecule has 1 heterocycles. The van der Waals surface area contributed by atoms with Crippen molar-refractivity contribution in [1.29, 1.82) is 0 Å². The van der Waals surface area contributed by atoms with E-state index < -0.39 is 0 Å². The molecule has 0 aromatic rings. The van der Waals surface area contributed by atoms with E-state index in [1.807, 2.05) is 6.92 Å². The Morgan fingerprint density at radius 3 is 3.00 bits per heavy atom. The van der Waals surface area contributed by atoms with E-state index in [-0.39, 0.29) is 6.10 Å². The molecule has 0 aromatic heterocycles. The summed E-state index contributed by atoms with van der Waals surface area (Å²) >= 11 is 0. The number of ketones is 1. The quantitative estimate of drug-likeness (QED) is 0.529. The molecule has 0 spiro atoms. The summed E-state index contributed by atoms with van der Waals surface area (Å²) in [6, 6.07) is 0. The van der Waals surface area contributed by atoms with Crippen molar-refractivity contribution in [3.05, 3.63) is 0 Å². The van der Waals surface area contributed by atoms with Gasteiger partial charge < -0.3 is 4.74 Å². The van der Waals surface area contributed by atoms with Gasteiger partial charge in [-0.15, -0.1) is 0 Å². The second-order valence-corrected chi connectivity index (χ2v) is 2.39. The molecule has 2 heteroatoms. The highest BCUT2D eigenvalue weighted by Crippen LogP contribution is 2.11. The second kappa shape index (κ2) is 2.97. The van der Waals surface area contributed by atoms with Gasteiger partial charge in [0.05, 0.1) is 12.7 Å². The van der Waals surface area contributed by atoms with E-state index in [1.165, 1.54) is 0 Å². The van der Waals surface area contributed by atoms with Gasteiger partial charge in [-0.2, -0.15) is 0 Å². The monoisotopic (exact) mass is 128 g/mol. The predicted octanol–water partition coefficient (Wildman–Crippen LogP) is 1.14. The summed E-state index contributed by atoms with van der Waals surface area (Å²) in [6.07, 6.45) is 2.44. The molecule has 1 aliphatic rings. The summed E-state index contributed by atoms with van der Waals surface area (Å²) in [4.78, 5) is 10.8. The van der Waals surface area contributed by atoms with Crippen molar-refractivity contribution in [1.82, 2.24) is 0 Å². The summed E-state index contributed by atoms with van der Waals surface area (Å²) in [7, 11) is 0. The predicted molar refractivity (Wildman–Crippen MR) is 34.3 cm³/mol. The summed E-state index contributed by atoms with van der Waals surface area (Å²) in [6.45, 7) is 2.68. The van der Waals surface area contributed by atoms with E-state index in [1.54, 1.807) is 0 Å². The van der Waals surface area contributed by atoms with E-state index in [4.69, 9.17) is 4.74 Å². The Kier molecular flexibility index (Phi) is 2.22. The fourth-order valence-electron chi connectivity index (χ4n) is 1.02. The lowest BCUT2D eigenvalue weighted by atomic mass is 10.1. The van der Waals surface area contributed by atoms with Crippen molar-refractivity contribution in [3.8, 4) is 0 Å². The fourth-order valence-corrected chi connectivity index (χ4v) is 1.02. The zero-order chi connectivity index (χ0) is 6.69. The lowest BCUT2D eigenvalue weighted by molar-refractivity contribution is -0.128. The lowest BCUT2D eigenvalue weighted by Gasteiger charge is -2.19. The number of Topliss-reactive ketones (excluding diaryl/α,β-unsaturated/α-hetero) is 1. The molecule has 0 amide bonds. The first-order valence-electron chi connectivity index (χ1n) is 3.46. The molecule has 0 bridgehead atoms. The number of hydrogen-bond acceptors (Lipinski definition) is 2. The number of carbonyl (C=O) groups excluding carboxylic acids is 1. The molecular weight excluding hydrogens is 116 g/mol. The SMILES string of the molecule is CC[C@@H]1CC(=O)CCO1. The summed E-state index contributed by atoms with van der Waals surface area (Å²) in [5.74, 6) is 0.355. The van der Waals surface area contributed by atoms with E-state index in [0.29, 0.717) is 25.2 Å². The van der Waals surface area contributed by atoms with Crippen LogP contribution in [0.4, 0.5) is 0 Å². The van der Waals surface area contributed by atoms with Crippen molar-refractivity contribution < 1.29 is 9.53 Å². The van der Waals surface area contributed by atoms with Crippen molar-refractivity contribution in [2.24, 2.45) is 0 Å². The number of carbonyl (C=O) groups is 1. The maximum atomic E-state index is 10.8. The molecule has 1 fully saturated rings. The van der Waals surface area contributed by atoms with Crippen LogP contribution >= 0.6 is 0 Å². The Bertz CT molecular complexity index is 109. The van der Waals surface area contributed by atoms with Gasteiger partial charge >= 0.3 is 0 Å². The Morgan fingerprint density at radius 1 is 1.78 bits per heavy atom. The molecule has 0 radical (unpaired) electrons. The van der Waals surface area contributed by atoms with Crippen LogP contribution in [0, 0.1) is 0 Å². The number of ether oxygens (including phenoxy) is 1. The highest BCUT2D eigenvalue weighted by molar-refractivity contribution is 5.79. The standard InChI is InChI=1S/C7H12O2/c1-2-7-5-6(8)3-4-9-7/h7H,2-5H2,1H3/t7-/m1/s1. The Hall–Kier alpha value is -0.370. The maximum Gasteiger partial charge on any atom is 0.137 e. The Morgan fingerprint density at radius 2 is 2.56 bits per heavy atom. The van der Waals surface area contributed by atoms with Crippen LogP contribution in [-0.2, 0) is 9.53 Å². The smallest absolute Gasteiger partial charge is 0.137 e. The van der Waals surface area contributed by atoms with Gasteiger partial charge in [0.15, 0.2) is 0 Å². The molecular formula is C7H12O2. The van der Waals surface area contributed by atoms with Crippen LogP contribution in [0.25, 0.3) is 0 Å². The zero-order valence-corrected chi connectivity index (χ0v) is 5.72. The van der Waals surface area contributed by atoms with E-state index in [2.05, 4.69) is 0 Å². The van der Waals surface area contributed by atoms with Crippen LogP contribution in [0.15, 0.2) is 0 Å². The highest BCUT2D eigenvalue weighted by atomic mass is 16.5. The minimum atomic E-state index is 0.214. The minimum Gasteiger partial charge on any atom is -0.377 e. The van der Waals surface area contributed by atoms with Gasteiger partial charge in [-0.05, 0) is 6.42 Å². The van der Waals surface area contributed by atoms with Gasteiger partial charge in [-0.3, -0.25) is 4.79 Å². The van der Waals surface area contributed by atoms with Gasteiger partial charge in [0, 0.05) is 12.8 Å². The van der Waals surface area contributed by atoms with Crippen molar-refractivity contribution >= 4 is 5.78 Å². The number of rotatable bonds is 1. The molecule has 2 nitrogen and oxygen atoms in total. The average molecular weight is 128 g/mol. The molecule has 52 valence electrons. The van der Waals surface area contributed by atoms with Gasteiger partial charge in [-0.25, -0.2) is 0 Å². The van der Waals surface area contributed by atoms with Crippen molar-refractivity contribution in [2.75, 3.05) is 6.61 Å². The maximum absolute atomic E-state index is 10.8. The third kappa shape index (κ3) is 1.79. The van der Waals surface area contributed by atoms with E-state index in [9.17, 15) is 4.79 Å². The van der Waals surface area contributed by atoms with Crippen LogP contribution < -0.4 is 0 Å². The van der Waals surface area contributed by atoms with Crippen LogP contribution in [0.2, 0.25) is 0 Å². The van der Waals surface area contributed by atoms with Crippen LogP contribution in [0.3, 0.4) is 0 Å². The van der Waals surface area contributed by atoms with E-state index in [0.717, 1.165) is 6.42 Å². The molecule has 1 rings (SSSR count). The molecule has 0 aromatic carbocycles. The van der Waals surface area contributed by atoms with Gasteiger partial charge in [0.25, 0.3) is 0 Å². The average Bonchev–Trinajstić information content (AvgIpc) is 1.88.